The van der Waals surface area contributed by atoms with Crippen molar-refractivity contribution in [3.05, 3.63) is 53.4 Å². The van der Waals surface area contributed by atoms with Crippen LogP contribution < -0.4 is 0 Å². The van der Waals surface area contributed by atoms with Crippen molar-refractivity contribution in [3.8, 4) is 0 Å². The Labute approximate surface area is 108 Å². The van der Waals surface area contributed by atoms with Crippen molar-refractivity contribution >= 4 is 9.84 Å². The van der Waals surface area contributed by atoms with Crippen LogP contribution in [-0.2, 0) is 9.84 Å². The van der Waals surface area contributed by atoms with Gasteiger partial charge in [-0.3, -0.25) is 4.85 Å². The van der Waals surface area contributed by atoms with Crippen LogP contribution in [0.4, 0.5) is 0 Å². The number of rotatable bonds is 3. The normalized spacial score (nSPS) is 17.6. The molecule has 1 unspecified atom stereocenters. The van der Waals surface area contributed by atoms with Crippen molar-refractivity contribution in [2.24, 2.45) is 0 Å². The van der Waals surface area contributed by atoms with Crippen LogP contribution in [0.3, 0.4) is 0 Å². The third-order valence-electron chi connectivity index (χ3n) is 3.13. The minimum atomic E-state index is -3.57. The van der Waals surface area contributed by atoms with Crippen LogP contribution in [0.5, 0.6) is 0 Å². The van der Waals surface area contributed by atoms with E-state index in [-0.39, 0.29) is 4.90 Å². The van der Waals surface area contributed by atoms with Gasteiger partial charge in [-0.05, 0) is 37.8 Å². The lowest BCUT2D eigenvalue weighted by molar-refractivity contribution is 0.587. The van der Waals surface area contributed by atoms with Gasteiger partial charge in [0.05, 0.1) is 4.90 Å². The predicted molar refractivity (Wildman–Crippen MR) is 70.6 cm³/mol. The summed E-state index contributed by atoms with van der Waals surface area (Å²) in [6.07, 6.45) is 5.58. The van der Waals surface area contributed by atoms with E-state index >= 15 is 0 Å². The Morgan fingerprint density at radius 2 is 1.89 bits per heavy atom. The average molecular weight is 261 g/mol. The number of sulfone groups is 1. The van der Waals surface area contributed by atoms with Crippen LogP contribution in [0.15, 0.2) is 46.9 Å². The summed E-state index contributed by atoms with van der Waals surface area (Å²) in [4.78, 5) is 3.59. The summed E-state index contributed by atoms with van der Waals surface area (Å²) in [5.41, 5.74) is 0.764. The first-order chi connectivity index (χ1) is 8.66. The molecule has 0 bridgehead atoms. The average Bonchev–Trinajstić information content (AvgIpc) is 2.41. The molecular weight excluding hydrogens is 246 g/mol. The zero-order valence-corrected chi connectivity index (χ0v) is 10.9. The zero-order valence-electron chi connectivity index (χ0n) is 10.0. The molecule has 0 radical (unpaired) electrons. The maximum Gasteiger partial charge on any atom is 0.346 e. The molecule has 1 aromatic carbocycles. The maximum atomic E-state index is 12.4. The van der Waals surface area contributed by atoms with E-state index in [9.17, 15) is 8.42 Å². The van der Waals surface area contributed by atoms with Crippen molar-refractivity contribution in [1.82, 2.24) is 0 Å². The highest BCUT2D eigenvalue weighted by Gasteiger charge is 2.36. The Morgan fingerprint density at radius 3 is 2.44 bits per heavy atom. The molecule has 0 saturated heterocycles. The molecule has 1 aliphatic carbocycles. The highest BCUT2D eigenvalue weighted by atomic mass is 32.2. The van der Waals surface area contributed by atoms with Gasteiger partial charge in [0.15, 0.2) is 0 Å². The molecule has 0 amide bonds. The Balaban J connectivity index is 2.39. The van der Waals surface area contributed by atoms with Gasteiger partial charge in [-0.2, -0.15) is 0 Å². The number of hydrogen-bond acceptors (Lipinski definition) is 2. The van der Waals surface area contributed by atoms with E-state index in [0.29, 0.717) is 0 Å². The van der Waals surface area contributed by atoms with Gasteiger partial charge in [-0.15, -0.1) is 0 Å². The summed E-state index contributed by atoms with van der Waals surface area (Å²) in [5.74, 6) is 0. The Hall–Kier alpha value is -1.60. The Bertz CT molecular complexity index is 582. The van der Waals surface area contributed by atoms with Crippen LogP contribution in [-0.4, -0.2) is 13.8 Å². The third-order valence-corrected chi connectivity index (χ3v) is 5.05. The summed E-state index contributed by atoms with van der Waals surface area (Å²) in [5, 5.41) is -1.04. The minimum Gasteiger partial charge on any atom is -0.291 e. The van der Waals surface area contributed by atoms with Crippen molar-refractivity contribution in [2.45, 2.75) is 36.0 Å². The van der Waals surface area contributed by atoms with Gasteiger partial charge in [-0.25, -0.2) is 15.0 Å². The molecule has 0 saturated carbocycles. The highest BCUT2D eigenvalue weighted by molar-refractivity contribution is 7.92. The van der Waals surface area contributed by atoms with E-state index < -0.39 is 15.2 Å². The first-order valence-electron chi connectivity index (χ1n) is 6.00. The highest BCUT2D eigenvalue weighted by Crippen LogP contribution is 2.29. The lowest BCUT2D eigenvalue weighted by Crippen LogP contribution is -2.21. The molecule has 1 aromatic rings. The fraction of sp³-hybridized carbons (Fsp3) is 0.357. The lowest BCUT2D eigenvalue weighted by atomic mass is 10.00. The fourth-order valence-electron chi connectivity index (χ4n) is 2.18. The van der Waals surface area contributed by atoms with Crippen molar-refractivity contribution in [1.29, 1.82) is 0 Å². The van der Waals surface area contributed by atoms with Crippen molar-refractivity contribution in [3.63, 3.8) is 0 Å². The topological polar surface area (TPSA) is 38.5 Å². The van der Waals surface area contributed by atoms with Gasteiger partial charge in [-0.1, -0.05) is 24.3 Å². The van der Waals surface area contributed by atoms with Gasteiger partial charge in [0.25, 0.3) is 9.84 Å². The number of hydrogen-bond donors (Lipinski definition) is 0. The van der Waals surface area contributed by atoms with Gasteiger partial charge < -0.3 is 0 Å². The van der Waals surface area contributed by atoms with Gasteiger partial charge in [0.1, 0.15) is 0 Å². The van der Waals surface area contributed by atoms with Gasteiger partial charge in [0, 0.05) is 5.57 Å². The predicted octanol–water partition coefficient (Wildman–Crippen LogP) is 3.21. The SMILES string of the molecule is [C-]#[N+]C(C1=CCCCC1)S(=O)(=O)c1ccccc1. The standard InChI is InChI=1S/C14H15NO2S/c1-15-14(12-8-4-2-5-9-12)18(16,17)13-10-6-3-7-11-13/h3,6-8,10-11,14H,2,4-5,9H2. The molecule has 0 spiro atoms. The fourth-order valence-corrected chi connectivity index (χ4v) is 3.72. The summed E-state index contributed by atoms with van der Waals surface area (Å²) < 4.78 is 24.8. The quantitative estimate of drug-likeness (QED) is 0.619. The van der Waals surface area contributed by atoms with Crippen LogP contribution in [0.2, 0.25) is 0 Å². The van der Waals surface area contributed by atoms with Crippen LogP contribution in [0.1, 0.15) is 25.7 Å². The van der Waals surface area contributed by atoms with E-state index in [1.54, 1.807) is 30.3 Å². The van der Waals surface area contributed by atoms with E-state index in [2.05, 4.69) is 4.85 Å². The first kappa shape index (κ1) is 12.8. The van der Waals surface area contributed by atoms with Gasteiger partial charge >= 0.3 is 5.37 Å². The Morgan fingerprint density at radius 1 is 1.17 bits per heavy atom. The smallest absolute Gasteiger partial charge is 0.291 e. The molecule has 94 valence electrons. The summed E-state index contributed by atoms with van der Waals surface area (Å²) >= 11 is 0. The number of benzene rings is 1. The lowest BCUT2D eigenvalue weighted by Gasteiger charge is -2.14. The molecule has 0 heterocycles. The largest absolute Gasteiger partial charge is 0.346 e. The van der Waals surface area contributed by atoms with Gasteiger partial charge in [0.2, 0.25) is 0 Å². The molecule has 0 aromatic heterocycles. The second-order valence-electron chi connectivity index (χ2n) is 4.36. The molecule has 0 fully saturated rings. The van der Waals surface area contributed by atoms with Crippen LogP contribution in [0.25, 0.3) is 4.85 Å². The molecule has 18 heavy (non-hydrogen) atoms. The summed E-state index contributed by atoms with van der Waals surface area (Å²) in [7, 11) is -3.57. The summed E-state index contributed by atoms with van der Waals surface area (Å²) in [6, 6.07) is 8.24. The maximum absolute atomic E-state index is 12.4. The van der Waals surface area contributed by atoms with Crippen LogP contribution in [0, 0.1) is 6.57 Å². The van der Waals surface area contributed by atoms with E-state index in [4.69, 9.17) is 6.57 Å². The van der Waals surface area contributed by atoms with E-state index in [1.165, 1.54) is 0 Å². The van der Waals surface area contributed by atoms with Crippen molar-refractivity contribution in [2.75, 3.05) is 0 Å². The molecule has 0 N–H and O–H groups in total. The molecular formula is C14H15NO2S. The number of allylic oxidation sites excluding steroid dienone is 1. The van der Waals surface area contributed by atoms with E-state index in [1.807, 2.05) is 6.08 Å². The molecule has 3 nitrogen and oxygen atoms in total. The van der Waals surface area contributed by atoms with Crippen LogP contribution >= 0.6 is 0 Å². The molecule has 1 aliphatic rings. The summed E-state index contributed by atoms with van der Waals surface area (Å²) in [6.45, 7) is 7.21. The molecule has 2 rings (SSSR count). The van der Waals surface area contributed by atoms with Crippen molar-refractivity contribution < 1.29 is 8.42 Å². The second-order valence-corrected chi connectivity index (χ2v) is 6.37. The second kappa shape index (κ2) is 5.36. The molecule has 4 heteroatoms. The monoisotopic (exact) mass is 261 g/mol. The molecule has 0 aliphatic heterocycles. The first-order valence-corrected chi connectivity index (χ1v) is 7.55. The minimum absolute atomic E-state index is 0.234. The number of nitrogens with zero attached hydrogens (tertiary/aromatic N) is 1. The zero-order chi connectivity index (χ0) is 13.0. The van der Waals surface area contributed by atoms with E-state index in [0.717, 1.165) is 31.3 Å². The third kappa shape index (κ3) is 2.46. The Kier molecular flexibility index (Phi) is 3.83. The molecule has 1 atom stereocenters.